The van der Waals surface area contributed by atoms with Gasteiger partial charge in [0.15, 0.2) is 5.75 Å². The van der Waals surface area contributed by atoms with Gasteiger partial charge in [0.2, 0.25) is 0 Å². The number of benzene rings is 1. The van der Waals surface area contributed by atoms with Crippen LogP contribution in [-0.4, -0.2) is 27.2 Å². The summed E-state index contributed by atoms with van der Waals surface area (Å²) in [6, 6.07) is 8.30. The third-order valence-electron chi connectivity index (χ3n) is 3.47. The lowest BCUT2D eigenvalue weighted by atomic mass is 10.0. The van der Waals surface area contributed by atoms with Gasteiger partial charge in [0.25, 0.3) is 0 Å². The first-order valence-corrected chi connectivity index (χ1v) is 7.07. The van der Waals surface area contributed by atoms with Gasteiger partial charge in [-0.2, -0.15) is 5.10 Å². The van der Waals surface area contributed by atoms with Crippen LogP contribution in [-0.2, 0) is 13.5 Å². The summed E-state index contributed by atoms with van der Waals surface area (Å²) >= 11 is 1.72. The van der Waals surface area contributed by atoms with Gasteiger partial charge in [-0.15, -0.1) is 11.8 Å². The first kappa shape index (κ1) is 12.6. The maximum Gasteiger partial charge on any atom is 0.162 e. The van der Waals surface area contributed by atoms with Gasteiger partial charge >= 0.3 is 0 Å². The number of aryl methyl sites for hydroxylation is 1. The van der Waals surface area contributed by atoms with Gasteiger partial charge < -0.3 is 9.84 Å². The molecule has 2 unspecified atom stereocenters. The number of ether oxygens (including phenoxy) is 1. The highest BCUT2D eigenvalue weighted by Crippen LogP contribution is 2.43. The van der Waals surface area contributed by atoms with Crippen LogP contribution < -0.4 is 4.74 Å². The van der Waals surface area contributed by atoms with Crippen LogP contribution in [0.5, 0.6) is 5.75 Å². The zero-order chi connectivity index (χ0) is 13.4. The molecular formula is C14H16N2O2S. The monoisotopic (exact) mass is 276 g/mol. The van der Waals surface area contributed by atoms with Crippen LogP contribution >= 0.6 is 11.8 Å². The second kappa shape index (κ2) is 4.90. The summed E-state index contributed by atoms with van der Waals surface area (Å²) in [7, 11) is 3.43. The SMILES string of the molecule is COc1cnn(C)c1C(O)C1Cc2ccccc2S1. The number of hydrogen-bond acceptors (Lipinski definition) is 4. The molecule has 0 spiro atoms. The molecule has 3 rings (SSSR count). The number of aliphatic hydroxyl groups excluding tert-OH is 1. The average Bonchev–Trinajstić information content (AvgIpc) is 3.01. The topological polar surface area (TPSA) is 47.3 Å². The van der Waals surface area contributed by atoms with E-state index in [1.165, 1.54) is 10.5 Å². The smallest absolute Gasteiger partial charge is 0.162 e. The molecule has 1 N–H and O–H groups in total. The zero-order valence-corrected chi connectivity index (χ0v) is 11.7. The molecule has 0 bridgehead atoms. The predicted molar refractivity (Wildman–Crippen MR) is 74.5 cm³/mol. The Hall–Kier alpha value is -1.46. The first-order chi connectivity index (χ1) is 9.20. The number of hydrogen-bond donors (Lipinski definition) is 1. The van der Waals surface area contributed by atoms with Crippen molar-refractivity contribution < 1.29 is 9.84 Å². The maximum absolute atomic E-state index is 10.6. The zero-order valence-electron chi connectivity index (χ0n) is 10.9. The second-order valence-corrected chi connectivity index (χ2v) is 5.92. The lowest BCUT2D eigenvalue weighted by Gasteiger charge is -2.18. The Morgan fingerprint density at radius 2 is 2.26 bits per heavy atom. The third-order valence-corrected chi connectivity index (χ3v) is 4.85. The number of aromatic nitrogens is 2. The van der Waals surface area contributed by atoms with E-state index < -0.39 is 6.10 Å². The van der Waals surface area contributed by atoms with Crippen molar-refractivity contribution in [3.05, 3.63) is 41.7 Å². The molecule has 0 saturated heterocycles. The van der Waals surface area contributed by atoms with Crippen LogP contribution in [0.25, 0.3) is 0 Å². The second-order valence-electron chi connectivity index (χ2n) is 4.63. The number of rotatable bonds is 3. The van der Waals surface area contributed by atoms with E-state index in [4.69, 9.17) is 4.74 Å². The highest BCUT2D eigenvalue weighted by atomic mass is 32.2. The number of nitrogens with zero attached hydrogens (tertiary/aromatic N) is 2. The lowest BCUT2D eigenvalue weighted by molar-refractivity contribution is 0.161. The van der Waals surface area contributed by atoms with Crippen LogP contribution in [0.3, 0.4) is 0 Å². The summed E-state index contributed by atoms with van der Waals surface area (Å²) in [4.78, 5) is 1.26. The summed E-state index contributed by atoms with van der Waals surface area (Å²) in [5.74, 6) is 0.645. The van der Waals surface area contributed by atoms with Crippen LogP contribution in [0.1, 0.15) is 17.4 Å². The van der Waals surface area contributed by atoms with E-state index in [9.17, 15) is 5.11 Å². The maximum atomic E-state index is 10.6. The molecule has 2 heterocycles. The Morgan fingerprint density at radius 1 is 1.47 bits per heavy atom. The van der Waals surface area contributed by atoms with Crippen molar-refractivity contribution in [1.29, 1.82) is 0 Å². The van der Waals surface area contributed by atoms with Crippen LogP contribution in [0, 0.1) is 0 Å². The summed E-state index contributed by atoms with van der Waals surface area (Å²) in [5, 5.41) is 14.9. The van der Waals surface area contributed by atoms with E-state index in [1.807, 2.05) is 19.2 Å². The molecule has 1 aromatic heterocycles. The van der Waals surface area contributed by atoms with E-state index in [1.54, 1.807) is 29.8 Å². The standard InChI is InChI=1S/C14H16N2O2S/c1-16-13(10(18-2)8-15-16)14(17)12-7-9-5-3-4-6-11(9)19-12/h3-6,8,12,14,17H,7H2,1-2H3. The minimum absolute atomic E-state index is 0.113. The van der Waals surface area contributed by atoms with Gasteiger partial charge in [0.1, 0.15) is 11.8 Å². The van der Waals surface area contributed by atoms with Crippen LogP contribution in [0.2, 0.25) is 0 Å². The molecule has 100 valence electrons. The number of aliphatic hydroxyl groups is 1. The molecule has 0 aliphatic carbocycles. The van der Waals surface area contributed by atoms with Gasteiger partial charge in [-0.1, -0.05) is 18.2 Å². The largest absolute Gasteiger partial charge is 0.493 e. The molecule has 19 heavy (non-hydrogen) atoms. The minimum atomic E-state index is -0.583. The van der Waals surface area contributed by atoms with E-state index in [0.717, 1.165) is 12.1 Å². The molecular weight excluding hydrogens is 260 g/mol. The highest BCUT2D eigenvalue weighted by molar-refractivity contribution is 8.00. The van der Waals surface area contributed by atoms with Crippen molar-refractivity contribution in [2.24, 2.45) is 7.05 Å². The van der Waals surface area contributed by atoms with Crippen molar-refractivity contribution in [1.82, 2.24) is 9.78 Å². The first-order valence-electron chi connectivity index (χ1n) is 6.19. The molecule has 0 saturated carbocycles. The quantitative estimate of drug-likeness (QED) is 0.933. The third kappa shape index (κ3) is 2.13. The Labute approximate surface area is 116 Å². The fourth-order valence-electron chi connectivity index (χ4n) is 2.48. The molecule has 5 heteroatoms. The molecule has 2 aromatic rings. The molecule has 0 radical (unpaired) electrons. The minimum Gasteiger partial charge on any atom is -0.493 e. The van der Waals surface area contributed by atoms with Crippen molar-refractivity contribution in [3.8, 4) is 5.75 Å². The van der Waals surface area contributed by atoms with Crippen molar-refractivity contribution in [3.63, 3.8) is 0 Å². The molecule has 1 aromatic carbocycles. The number of fused-ring (bicyclic) bond motifs is 1. The molecule has 2 atom stereocenters. The molecule has 1 aliphatic heterocycles. The predicted octanol–water partition coefficient (Wildman–Crippen LogP) is 2.18. The summed E-state index contributed by atoms with van der Waals surface area (Å²) in [6.07, 6.45) is 1.93. The van der Waals surface area contributed by atoms with E-state index >= 15 is 0 Å². The fraction of sp³-hybridized carbons (Fsp3) is 0.357. The Balaban J connectivity index is 1.87. The Kier molecular flexibility index (Phi) is 3.24. The number of thioether (sulfide) groups is 1. The summed E-state index contributed by atoms with van der Waals surface area (Å²) in [6.45, 7) is 0. The normalized spacial score (nSPS) is 19.2. The summed E-state index contributed by atoms with van der Waals surface area (Å²) < 4.78 is 6.96. The summed E-state index contributed by atoms with van der Waals surface area (Å²) in [5.41, 5.74) is 2.05. The molecule has 0 amide bonds. The molecule has 1 aliphatic rings. The van der Waals surface area contributed by atoms with Gasteiger partial charge in [0, 0.05) is 17.2 Å². The Bertz CT molecular complexity index is 572. The van der Waals surface area contributed by atoms with Crippen LogP contribution in [0.15, 0.2) is 35.4 Å². The Morgan fingerprint density at radius 3 is 3.00 bits per heavy atom. The van der Waals surface area contributed by atoms with Crippen LogP contribution in [0.4, 0.5) is 0 Å². The highest BCUT2D eigenvalue weighted by Gasteiger charge is 2.32. The van der Waals surface area contributed by atoms with Gasteiger partial charge in [-0.3, -0.25) is 4.68 Å². The van der Waals surface area contributed by atoms with Gasteiger partial charge in [-0.05, 0) is 18.1 Å². The van der Waals surface area contributed by atoms with E-state index in [2.05, 4.69) is 17.2 Å². The average molecular weight is 276 g/mol. The van der Waals surface area contributed by atoms with E-state index in [-0.39, 0.29) is 5.25 Å². The van der Waals surface area contributed by atoms with Crippen molar-refractivity contribution >= 4 is 11.8 Å². The van der Waals surface area contributed by atoms with Gasteiger partial charge in [-0.25, -0.2) is 0 Å². The number of methoxy groups -OCH3 is 1. The van der Waals surface area contributed by atoms with Gasteiger partial charge in [0.05, 0.1) is 13.3 Å². The van der Waals surface area contributed by atoms with Crippen molar-refractivity contribution in [2.75, 3.05) is 7.11 Å². The lowest BCUT2D eigenvalue weighted by Crippen LogP contribution is -2.18. The van der Waals surface area contributed by atoms with Crippen molar-refractivity contribution in [2.45, 2.75) is 22.7 Å². The fourth-order valence-corrected chi connectivity index (χ4v) is 3.79. The molecule has 0 fully saturated rings. The molecule has 4 nitrogen and oxygen atoms in total. The van der Waals surface area contributed by atoms with E-state index in [0.29, 0.717) is 5.75 Å².